The summed E-state index contributed by atoms with van der Waals surface area (Å²) in [5, 5.41) is 30.1. The highest BCUT2D eigenvalue weighted by atomic mass is 16.3. The number of hydrogen-bond donors (Lipinski definition) is 6. The Labute approximate surface area is 169 Å². The van der Waals surface area contributed by atoms with Gasteiger partial charge in [-0.15, -0.1) is 0 Å². The molecule has 0 atom stereocenters. The Morgan fingerprint density at radius 2 is 1.28 bits per heavy atom. The first-order chi connectivity index (χ1) is 14.0. The average molecular weight is 398 g/mol. The van der Waals surface area contributed by atoms with Crippen molar-refractivity contribution in [1.29, 1.82) is 0 Å². The number of hydrogen-bond acceptors (Lipinski definition) is 8. The van der Waals surface area contributed by atoms with Crippen LogP contribution in [0.4, 0.5) is 11.4 Å². The molecule has 7 N–H and O–H groups in total. The molecule has 0 aromatic heterocycles. The molecule has 0 spiro atoms. The summed E-state index contributed by atoms with van der Waals surface area (Å²) in [4.78, 5) is 26.5. The van der Waals surface area contributed by atoms with Crippen LogP contribution in [0, 0.1) is 0 Å². The molecule has 0 fully saturated rings. The SMILES string of the molecule is CCCNCCNc1ccc(O)c2c1C(=O)c1c(O)ccc(NCCN)c1C2=O. The van der Waals surface area contributed by atoms with Crippen LogP contribution in [0.3, 0.4) is 0 Å². The van der Waals surface area contributed by atoms with Crippen LogP contribution < -0.4 is 21.7 Å². The second-order valence-corrected chi connectivity index (χ2v) is 6.81. The first-order valence-electron chi connectivity index (χ1n) is 9.71. The molecule has 0 saturated heterocycles. The molecule has 0 saturated carbocycles. The topological polar surface area (TPSA) is 137 Å². The number of carbonyl (C=O) groups is 2. The maximum Gasteiger partial charge on any atom is 0.200 e. The molecule has 154 valence electrons. The Hall–Kier alpha value is -3.10. The van der Waals surface area contributed by atoms with E-state index in [1.807, 2.05) is 0 Å². The normalized spacial score (nSPS) is 12.5. The van der Waals surface area contributed by atoms with Crippen molar-refractivity contribution in [2.24, 2.45) is 5.73 Å². The van der Waals surface area contributed by atoms with Gasteiger partial charge in [-0.3, -0.25) is 9.59 Å². The van der Waals surface area contributed by atoms with Crippen molar-refractivity contribution < 1.29 is 19.8 Å². The lowest BCUT2D eigenvalue weighted by atomic mass is 9.81. The third-order valence-corrected chi connectivity index (χ3v) is 4.78. The second kappa shape index (κ2) is 8.93. The number of nitrogens with two attached hydrogens (primary N) is 1. The summed E-state index contributed by atoms with van der Waals surface area (Å²) in [7, 11) is 0. The second-order valence-electron chi connectivity index (χ2n) is 6.81. The summed E-state index contributed by atoms with van der Waals surface area (Å²) >= 11 is 0. The quantitative estimate of drug-likeness (QED) is 0.236. The van der Waals surface area contributed by atoms with Crippen molar-refractivity contribution >= 4 is 22.9 Å². The zero-order chi connectivity index (χ0) is 21.0. The maximum absolute atomic E-state index is 13.3. The van der Waals surface area contributed by atoms with E-state index in [9.17, 15) is 19.8 Å². The Kier molecular flexibility index (Phi) is 6.36. The molecule has 2 aromatic carbocycles. The van der Waals surface area contributed by atoms with Crippen LogP contribution in [0.2, 0.25) is 0 Å². The number of carbonyl (C=O) groups excluding carboxylic acids is 2. The third-order valence-electron chi connectivity index (χ3n) is 4.78. The monoisotopic (exact) mass is 398 g/mol. The lowest BCUT2D eigenvalue weighted by molar-refractivity contribution is 0.0975. The van der Waals surface area contributed by atoms with Gasteiger partial charge >= 0.3 is 0 Å². The van der Waals surface area contributed by atoms with Gasteiger partial charge in [0.25, 0.3) is 0 Å². The van der Waals surface area contributed by atoms with Gasteiger partial charge in [0.2, 0.25) is 11.6 Å². The highest BCUT2D eigenvalue weighted by Crippen LogP contribution is 2.42. The summed E-state index contributed by atoms with van der Waals surface area (Å²) in [5.74, 6) is -1.58. The number of benzene rings is 2. The zero-order valence-corrected chi connectivity index (χ0v) is 16.3. The molecule has 0 radical (unpaired) electrons. The van der Waals surface area contributed by atoms with E-state index in [4.69, 9.17) is 5.73 Å². The Bertz CT molecular complexity index is 943. The molecular formula is C21H26N4O4. The fourth-order valence-corrected chi connectivity index (χ4v) is 3.45. The maximum atomic E-state index is 13.3. The fraction of sp³-hybridized carbons (Fsp3) is 0.333. The first kappa shape index (κ1) is 20.6. The predicted molar refractivity (Wildman–Crippen MR) is 112 cm³/mol. The van der Waals surface area contributed by atoms with Gasteiger partial charge in [0.15, 0.2) is 0 Å². The van der Waals surface area contributed by atoms with Crippen LogP contribution >= 0.6 is 0 Å². The number of phenolic OH excluding ortho intramolecular Hbond substituents is 2. The largest absolute Gasteiger partial charge is 0.507 e. The molecule has 8 nitrogen and oxygen atoms in total. The Morgan fingerprint density at radius 1 is 0.759 bits per heavy atom. The van der Waals surface area contributed by atoms with Crippen molar-refractivity contribution in [3.05, 3.63) is 46.5 Å². The van der Waals surface area contributed by atoms with Crippen molar-refractivity contribution in [3.63, 3.8) is 0 Å². The van der Waals surface area contributed by atoms with Gasteiger partial charge in [-0.2, -0.15) is 0 Å². The molecule has 3 rings (SSSR count). The Morgan fingerprint density at radius 3 is 1.76 bits per heavy atom. The molecule has 0 heterocycles. The minimum atomic E-state index is -0.518. The fourth-order valence-electron chi connectivity index (χ4n) is 3.45. The van der Waals surface area contributed by atoms with Gasteiger partial charge < -0.3 is 31.9 Å². The van der Waals surface area contributed by atoms with Crippen LogP contribution in [-0.2, 0) is 0 Å². The van der Waals surface area contributed by atoms with Gasteiger partial charge in [-0.25, -0.2) is 0 Å². The van der Waals surface area contributed by atoms with Crippen LogP contribution in [0.15, 0.2) is 24.3 Å². The molecular weight excluding hydrogens is 372 g/mol. The van der Waals surface area contributed by atoms with E-state index in [0.29, 0.717) is 37.6 Å². The van der Waals surface area contributed by atoms with Gasteiger partial charge in [0.05, 0.1) is 22.3 Å². The van der Waals surface area contributed by atoms with Gasteiger partial charge in [-0.05, 0) is 37.2 Å². The molecule has 0 aliphatic heterocycles. The number of fused-ring (bicyclic) bond motifs is 2. The van der Waals surface area contributed by atoms with Gasteiger partial charge in [0.1, 0.15) is 11.5 Å². The summed E-state index contributed by atoms with van der Waals surface area (Å²) < 4.78 is 0. The molecule has 0 bridgehead atoms. The lowest BCUT2D eigenvalue weighted by Gasteiger charge is -2.24. The van der Waals surface area contributed by atoms with E-state index in [0.717, 1.165) is 13.0 Å². The number of phenols is 2. The van der Waals surface area contributed by atoms with E-state index in [2.05, 4.69) is 22.9 Å². The van der Waals surface area contributed by atoms with E-state index in [1.54, 1.807) is 6.07 Å². The number of aromatic hydroxyl groups is 2. The molecule has 0 unspecified atom stereocenters. The smallest absolute Gasteiger partial charge is 0.200 e. The van der Waals surface area contributed by atoms with E-state index >= 15 is 0 Å². The zero-order valence-electron chi connectivity index (χ0n) is 16.3. The predicted octanol–water partition coefficient (Wildman–Crippen LogP) is 1.66. The first-order valence-corrected chi connectivity index (χ1v) is 9.71. The molecule has 1 aliphatic carbocycles. The van der Waals surface area contributed by atoms with E-state index < -0.39 is 11.6 Å². The van der Waals surface area contributed by atoms with Crippen molar-refractivity contribution in [2.45, 2.75) is 13.3 Å². The van der Waals surface area contributed by atoms with Crippen LogP contribution in [-0.4, -0.2) is 54.5 Å². The summed E-state index contributed by atoms with van der Waals surface area (Å²) in [6.07, 6.45) is 1.01. The average Bonchev–Trinajstić information content (AvgIpc) is 2.71. The van der Waals surface area contributed by atoms with Crippen molar-refractivity contribution in [3.8, 4) is 11.5 Å². The minimum absolute atomic E-state index is 0.0491. The number of anilines is 2. The van der Waals surface area contributed by atoms with Crippen molar-refractivity contribution in [2.75, 3.05) is 43.4 Å². The van der Waals surface area contributed by atoms with Crippen molar-refractivity contribution in [1.82, 2.24) is 5.32 Å². The summed E-state index contributed by atoms with van der Waals surface area (Å²) in [6, 6.07) is 5.86. The molecule has 2 aromatic rings. The minimum Gasteiger partial charge on any atom is -0.507 e. The molecule has 0 amide bonds. The molecule has 29 heavy (non-hydrogen) atoms. The van der Waals surface area contributed by atoms with E-state index in [-0.39, 0.29) is 33.8 Å². The lowest BCUT2D eigenvalue weighted by Crippen LogP contribution is -2.27. The van der Waals surface area contributed by atoms with Crippen LogP contribution in [0.1, 0.15) is 45.2 Å². The molecule has 8 heteroatoms. The summed E-state index contributed by atoms with van der Waals surface area (Å²) in [6.45, 7) is 4.90. The standard InChI is InChI=1S/C21H26N4O4/c1-2-8-23-10-11-25-13-4-6-15(27)19-17(13)21(29)18-14(26)5-3-12(24-9-7-22)16(18)20(19)28/h3-6,23-27H,2,7-11,22H2,1H3. The Balaban J connectivity index is 2.03. The molecule has 1 aliphatic rings. The highest BCUT2D eigenvalue weighted by molar-refractivity contribution is 6.33. The summed E-state index contributed by atoms with van der Waals surface area (Å²) in [5.41, 5.74) is 6.36. The van der Waals surface area contributed by atoms with Crippen LogP contribution in [0.5, 0.6) is 11.5 Å². The number of ketones is 2. The number of rotatable bonds is 9. The number of nitrogens with one attached hydrogen (secondary N) is 3. The van der Waals surface area contributed by atoms with Gasteiger partial charge in [-0.1, -0.05) is 6.92 Å². The highest BCUT2D eigenvalue weighted by Gasteiger charge is 2.37. The van der Waals surface area contributed by atoms with E-state index in [1.165, 1.54) is 18.2 Å². The third kappa shape index (κ3) is 3.90. The van der Waals surface area contributed by atoms with Gasteiger partial charge in [0, 0.05) is 37.6 Å². The van der Waals surface area contributed by atoms with Crippen LogP contribution in [0.25, 0.3) is 0 Å².